The third-order valence-corrected chi connectivity index (χ3v) is 4.89. The van der Waals surface area contributed by atoms with E-state index in [1.165, 1.54) is 17.8 Å². The molecule has 2 rings (SSSR count). The van der Waals surface area contributed by atoms with Gasteiger partial charge in [0.15, 0.2) is 6.04 Å². The zero-order valence-electron chi connectivity index (χ0n) is 16.4. The molecule has 0 fully saturated rings. The first kappa shape index (κ1) is 23.4. The quantitative estimate of drug-likeness (QED) is 0.399. The monoisotopic (exact) mass is 429 g/mol. The van der Waals surface area contributed by atoms with Crippen molar-refractivity contribution in [1.29, 1.82) is 0 Å². The summed E-state index contributed by atoms with van der Waals surface area (Å²) in [6.45, 7) is 3.80. The van der Waals surface area contributed by atoms with Gasteiger partial charge in [0.05, 0.1) is 46.2 Å². The number of benzene rings is 1. The molecule has 1 aliphatic heterocycles. The molecule has 0 aliphatic carbocycles. The fourth-order valence-electron chi connectivity index (χ4n) is 2.33. The van der Waals surface area contributed by atoms with Crippen LogP contribution in [-0.2, 0) is 23.7 Å². The number of hydrogen-bond acceptors (Lipinski definition) is 9. The van der Waals surface area contributed by atoms with Gasteiger partial charge in [-0.15, -0.1) is 11.8 Å². The van der Waals surface area contributed by atoms with Crippen LogP contribution in [0.3, 0.4) is 0 Å². The number of hydrogen-bond donors (Lipinski definition) is 2. The molecule has 0 amide bonds. The Morgan fingerprint density at radius 1 is 1.07 bits per heavy atom. The number of nitrogens with zero attached hydrogens (tertiary/aromatic N) is 1. The average molecular weight is 429 g/mol. The summed E-state index contributed by atoms with van der Waals surface area (Å²) in [6, 6.07) is 4.09. The predicted molar refractivity (Wildman–Crippen MR) is 108 cm³/mol. The fourth-order valence-corrected chi connectivity index (χ4v) is 3.40. The van der Waals surface area contributed by atoms with Gasteiger partial charge in [-0.3, -0.25) is 4.99 Å². The summed E-state index contributed by atoms with van der Waals surface area (Å²) in [7, 11) is 1.63. The minimum atomic E-state index is -0.965. The van der Waals surface area contributed by atoms with E-state index in [2.05, 4.69) is 4.99 Å². The van der Waals surface area contributed by atoms with Gasteiger partial charge in [-0.25, -0.2) is 4.79 Å². The van der Waals surface area contributed by atoms with E-state index in [0.29, 0.717) is 75.0 Å². The third kappa shape index (κ3) is 8.58. The van der Waals surface area contributed by atoms with E-state index in [1.807, 2.05) is 0 Å². The van der Waals surface area contributed by atoms with Gasteiger partial charge in [0.2, 0.25) is 0 Å². The van der Waals surface area contributed by atoms with Crippen molar-refractivity contribution < 1.29 is 38.7 Å². The second-order valence-corrected chi connectivity index (χ2v) is 6.97. The Kier molecular flexibility index (Phi) is 10.8. The zero-order valence-corrected chi connectivity index (χ0v) is 17.2. The first-order valence-corrected chi connectivity index (χ1v) is 10.2. The molecule has 1 aromatic carbocycles. The Hall–Kier alpha value is -1.85. The van der Waals surface area contributed by atoms with Crippen molar-refractivity contribution in [2.75, 3.05) is 65.7 Å². The lowest BCUT2D eigenvalue weighted by Gasteiger charge is -2.10. The molecule has 1 aromatic rings. The van der Waals surface area contributed by atoms with Crippen LogP contribution in [-0.4, -0.2) is 93.0 Å². The Labute approximate surface area is 174 Å². The number of carbonyl (C=O) groups is 1. The Morgan fingerprint density at radius 3 is 2.24 bits per heavy atom. The number of methoxy groups -OCH3 is 1. The second kappa shape index (κ2) is 13.4. The summed E-state index contributed by atoms with van der Waals surface area (Å²) in [6.07, 6.45) is 0. The molecule has 1 aliphatic rings. The number of aliphatic imine (C=N–C) groups is 1. The van der Waals surface area contributed by atoms with Crippen LogP contribution in [0, 0.1) is 0 Å². The van der Waals surface area contributed by atoms with E-state index in [0.717, 1.165) is 0 Å². The summed E-state index contributed by atoms with van der Waals surface area (Å²) in [4.78, 5) is 15.1. The molecule has 1 heterocycles. The van der Waals surface area contributed by atoms with Crippen LogP contribution < -0.4 is 4.74 Å². The maximum Gasteiger partial charge on any atom is 0.329 e. The lowest BCUT2D eigenvalue weighted by molar-refractivity contribution is -0.137. The fraction of sp³-hybridized carbons (Fsp3) is 0.579. The molecule has 0 spiro atoms. The topological polar surface area (TPSA) is 116 Å². The summed E-state index contributed by atoms with van der Waals surface area (Å²) < 4.78 is 26.5. The highest BCUT2D eigenvalue weighted by molar-refractivity contribution is 8.14. The van der Waals surface area contributed by atoms with Crippen LogP contribution in [0.1, 0.15) is 5.56 Å². The number of aliphatic carboxylic acids is 1. The van der Waals surface area contributed by atoms with Crippen LogP contribution in [0.15, 0.2) is 23.2 Å². The lowest BCUT2D eigenvalue weighted by Crippen LogP contribution is -2.17. The van der Waals surface area contributed by atoms with Crippen molar-refractivity contribution in [3.8, 4) is 11.5 Å². The van der Waals surface area contributed by atoms with Crippen LogP contribution in [0.2, 0.25) is 0 Å². The number of carboxylic acid groups (broad SMARTS) is 1. The van der Waals surface area contributed by atoms with E-state index in [-0.39, 0.29) is 5.75 Å². The average Bonchev–Trinajstić information content (AvgIpc) is 3.19. The number of phenols is 1. The highest BCUT2D eigenvalue weighted by atomic mass is 32.2. The number of thioether (sulfide) groups is 1. The molecular formula is C19H27NO8S. The SMILES string of the molecule is COCCOCCOCCOCCOc1ccc(C2=NC(C(=O)O)CS2)c(O)c1. The third-order valence-electron chi connectivity index (χ3n) is 3.81. The highest BCUT2D eigenvalue weighted by Crippen LogP contribution is 2.31. The Morgan fingerprint density at radius 2 is 1.69 bits per heavy atom. The number of rotatable bonds is 15. The van der Waals surface area contributed by atoms with Gasteiger partial charge in [-0.1, -0.05) is 0 Å². The maximum absolute atomic E-state index is 11.0. The van der Waals surface area contributed by atoms with Crippen molar-refractivity contribution in [3.63, 3.8) is 0 Å². The predicted octanol–water partition coefficient (Wildman–Crippen LogP) is 1.41. The minimum absolute atomic E-state index is 0.00169. The molecular weight excluding hydrogens is 402 g/mol. The Bertz CT molecular complexity index is 670. The molecule has 2 N–H and O–H groups in total. The summed E-state index contributed by atoms with van der Waals surface area (Å²) in [5, 5.41) is 19.7. The number of aromatic hydroxyl groups is 1. The van der Waals surface area contributed by atoms with E-state index in [1.54, 1.807) is 19.2 Å². The number of ether oxygens (including phenoxy) is 5. The summed E-state index contributed by atoms with van der Waals surface area (Å²) in [5.74, 6) is -0.100. The van der Waals surface area contributed by atoms with Crippen molar-refractivity contribution in [2.24, 2.45) is 4.99 Å². The zero-order chi connectivity index (χ0) is 20.9. The van der Waals surface area contributed by atoms with Crippen molar-refractivity contribution in [3.05, 3.63) is 23.8 Å². The normalized spacial score (nSPS) is 16.0. The van der Waals surface area contributed by atoms with Gasteiger partial charge in [0.1, 0.15) is 23.1 Å². The smallest absolute Gasteiger partial charge is 0.329 e. The van der Waals surface area contributed by atoms with Gasteiger partial charge in [0.25, 0.3) is 0 Å². The van der Waals surface area contributed by atoms with Crippen molar-refractivity contribution >= 4 is 22.8 Å². The van der Waals surface area contributed by atoms with Crippen LogP contribution >= 0.6 is 11.8 Å². The standard InChI is InChI=1S/C19H27NO8S/c1-24-4-5-25-6-7-26-8-9-27-10-11-28-14-2-3-15(17(21)12-14)18-20-16(13-29-18)19(22)23/h2-3,12,16,21H,4-11,13H2,1H3,(H,22,23). The molecule has 10 heteroatoms. The van der Waals surface area contributed by atoms with E-state index in [9.17, 15) is 9.90 Å². The van der Waals surface area contributed by atoms with Gasteiger partial charge in [-0.2, -0.15) is 0 Å². The minimum Gasteiger partial charge on any atom is -0.507 e. The molecule has 9 nitrogen and oxygen atoms in total. The molecule has 162 valence electrons. The van der Waals surface area contributed by atoms with Crippen LogP contribution in [0.5, 0.6) is 11.5 Å². The van der Waals surface area contributed by atoms with Crippen molar-refractivity contribution in [2.45, 2.75) is 6.04 Å². The molecule has 0 saturated heterocycles. The number of carboxylic acids is 1. The Balaban J connectivity index is 1.58. The molecule has 0 saturated carbocycles. The number of phenolic OH excluding ortho intramolecular Hbond substituents is 1. The molecule has 0 aromatic heterocycles. The van der Waals surface area contributed by atoms with Gasteiger partial charge >= 0.3 is 5.97 Å². The van der Waals surface area contributed by atoms with E-state index >= 15 is 0 Å². The van der Waals surface area contributed by atoms with Crippen LogP contribution in [0.4, 0.5) is 0 Å². The first-order valence-electron chi connectivity index (χ1n) is 9.23. The highest BCUT2D eigenvalue weighted by Gasteiger charge is 2.26. The van der Waals surface area contributed by atoms with E-state index < -0.39 is 12.0 Å². The van der Waals surface area contributed by atoms with Crippen LogP contribution in [0.25, 0.3) is 0 Å². The summed E-state index contributed by atoms with van der Waals surface area (Å²) in [5.41, 5.74) is 0.505. The molecule has 1 unspecified atom stereocenters. The summed E-state index contributed by atoms with van der Waals surface area (Å²) >= 11 is 1.31. The van der Waals surface area contributed by atoms with Gasteiger partial charge in [-0.05, 0) is 12.1 Å². The lowest BCUT2D eigenvalue weighted by atomic mass is 10.2. The van der Waals surface area contributed by atoms with Crippen molar-refractivity contribution in [1.82, 2.24) is 0 Å². The molecule has 0 radical (unpaired) electrons. The van der Waals surface area contributed by atoms with E-state index in [4.69, 9.17) is 28.8 Å². The molecule has 0 bridgehead atoms. The van der Waals surface area contributed by atoms with Gasteiger partial charge in [0, 0.05) is 24.5 Å². The maximum atomic E-state index is 11.0. The largest absolute Gasteiger partial charge is 0.507 e. The van der Waals surface area contributed by atoms with Gasteiger partial charge < -0.3 is 33.9 Å². The first-order chi connectivity index (χ1) is 14.1. The second-order valence-electron chi connectivity index (χ2n) is 5.96. The molecule has 1 atom stereocenters. The molecule has 29 heavy (non-hydrogen) atoms.